The molecule has 1 aromatic rings. The molecule has 1 atom stereocenters. The van der Waals surface area contributed by atoms with Crippen LogP contribution in [0, 0.1) is 19.3 Å². The molecule has 0 heterocycles. The van der Waals surface area contributed by atoms with E-state index < -0.39 is 0 Å². The van der Waals surface area contributed by atoms with Crippen LogP contribution < -0.4 is 0 Å². The molecule has 0 aliphatic heterocycles. The van der Waals surface area contributed by atoms with Gasteiger partial charge in [0.2, 0.25) is 0 Å². The predicted molar refractivity (Wildman–Crippen MR) is 86.4 cm³/mol. The average molecular weight is 291 g/mol. The molecule has 2 heteroatoms. The quantitative estimate of drug-likeness (QED) is 0.710. The highest BCUT2D eigenvalue weighted by Gasteiger charge is 2.34. The molecule has 2 rings (SSSR count). The standard InChI is InChI=1S/C18H23ClO/c1-6-18(5)9-15-12(3)14(8-7-11(2)20)17(19)13(4)16(15)10-18/h7-8H,6,9-10H2,1-5H3/b8-7+. The fourth-order valence-corrected chi connectivity index (χ4v) is 3.48. The number of halogens is 1. The van der Waals surface area contributed by atoms with Crippen LogP contribution in [-0.4, -0.2) is 5.78 Å². The Morgan fingerprint density at radius 3 is 2.30 bits per heavy atom. The summed E-state index contributed by atoms with van der Waals surface area (Å²) in [6.07, 6.45) is 6.88. The summed E-state index contributed by atoms with van der Waals surface area (Å²) in [4.78, 5) is 11.2. The van der Waals surface area contributed by atoms with E-state index in [9.17, 15) is 4.79 Å². The van der Waals surface area contributed by atoms with Crippen LogP contribution in [0.5, 0.6) is 0 Å². The van der Waals surface area contributed by atoms with Gasteiger partial charge in [-0.2, -0.15) is 0 Å². The van der Waals surface area contributed by atoms with Crippen LogP contribution in [0.3, 0.4) is 0 Å². The van der Waals surface area contributed by atoms with Crippen molar-refractivity contribution < 1.29 is 4.79 Å². The average Bonchev–Trinajstić information content (AvgIpc) is 2.75. The van der Waals surface area contributed by atoms with Crippen molar-refractivity contribution in [2.75, 3.05) is 0 Å². The molecular weight excluding hydrogens is 268 g/mol. The summed E-state index contributed by atoms with van der Waals surface area (Å²) in [5.74, 6) is 0.0528. The predicted octanol–water partition coefficient (Wildman–Crippen LogP) is 5.07. The number of fused-ring (bicyclic) bond motifs is 1. The maximum absolute atomic E-state index is 11.2. The summed E-state index contributed by atoms with van der Waals surface area (Å²) in [7, 11) is 0. The lowest BCUT2D eigenvalue weighted by Crippen LogP contribution is -2.14. The number of rotatable bonds is 3. The van der Waals surface area contributed by atoms with E-state index in [0.717, 1.165) is 23.4 Å². The molecule has 0 saturated heterocycles. The van der Waals surface area contributed by atoms with E-state index in [4.69, 9.17) is 11.6 Å². The Hall–Kier alpha value is -1.08. The lowest BCUT2D eigenvalue weighted by molar-refractivity contribution is -0.112. The Kier molecular flexibility index (Phi) is 4.11. The van der Waals surface area contributed by atoms with Crippen LogP contribution in [0.25, 0.3) is 6.08 Å². The van der Waals surface area contributed by atoms with E-state index in [0.29, 0.717) is 5.41 Å². The molecule has 0 saturated carbocycles. The Balaban J connectivity index is 2.59. The van der Waals surface area contributed by atoms with Gasteiger partial charge in [0.25, 0.3) is 0 Å². The van der Waals surface area contributed by atoms with E-state index in [1.807, 2.05) is 6.08 Å². The maximum Gasteiger partial charge on any atom is 0.152 e. The lowest BCUT2D eigenvalue weighted by Gasteiger charge is -2.20. The third-order valence-corrected chi connectivity index (χ3v) is 5.27. The van der Waals surface area contributed by atoms with Gasteiger partial charge >= 0.3 is 0 Å². The monoisotopic (exact) mass is 290 g/mol. The second-order valence-corrected chi connectivity index (χ2v) is 6.77. The molecule has 0 N–H and O–H groups in total. The third kappa shape index (κ3) is 2.56. The van der Waals surface area contributed by atoms with Crippen molar-refractivity contribution >= 4 is 23.5 Å². The molecule has 1 aliphatic rings. The minimum Gasteiger partial charge on any atom is -0.295 e. The molecular formula is C18H23ClO. The molecule has 0 fully saturated rings. The Bertz CT molecular complexity index is 598. The number of hydrogen-bond acceptors (Lipinski definition) is 1. The fraction of sp³-hybridized carbons (Fsp3) is 0.500. The highest BCUT2D eigenvalue weighted by molar-refractivity contribution is 6.33. The second-order valence-electron chi connectivity index (χ2n) is 6.40. The number of benzene rings is 1. The maximum atomic E-state index is 11.2. The van der Waals surface area contributed by atoms with Crippen molar-refractivity contribution in [3.63, 3.8) is 0 Å². The first-order chi connectivity index (χ1) is 9.29. The van der Waals surface area contributed by atoms with Gasteiger partial charge in [0.1, 0.15) is 0 Å². The Labute approximate surface area is 127 Å². The SMILES string of the molecule is CCC1(C)Cc2c(C)c(Cl)c(/C=C/C(C)=O)c(C)c2C1. The summed E-state index contributed by atoms with van der Waals surface area (Å²) < 4.78 is 0. The molecule has 0 aromatic heterocycles. The van der Waals surface area contributed by atoms with Gasteiger partial charge in [-0.15, -0.1) is 0 Å². The van der Waals surface area contributed by atoms with Crippen LogP contribution in [0.4, 0.5) is 0 Å². The molecule has 1 unspecified atom stereocenters. The third-order valence-electron chi connectivity index (χ3n) is 4.78. The summed E-state index contributed by atoms with van der Waals surface area (Å²) >= 11 is 6.54. The topological polar surface area (TPSA) is 17.1 Å². The molecule has 0 bridgehead atoms. The minimum atomic E-state index is 0.0528. The van der Waals surface area contributed by atoms with Crippen LogP contribution >= 0.6 is 11.6 Å². The van der Waals surface area contributed by atoms with Crippen LogP contribution in [0.15, 0.2) is 6.08 Å². The molecule has 20 heavy (non-hydrogen) atoms. The number of carbonyl (C=O) groups is 1. The Morgan fingerprint density at radius 2 is 1.80 bits per heavy atom. The lowest BCUT2D eigenvalue weighted by atomic mass is 9.84. The van der Waals surface area contributed by atoms with Crippen molar-refractivity contribution in [2.24, 2.45) is 5.41 Å². The van der Waals surface area contributed by atoms with Gasteiger partial charge < -0.3 is 0 Å². The van der Waals surface area contributed by atoms with E-state index in [-0.39, 0.29) is 5.78 Å². The van der Waals surface area contributed by atoms with Crippen molar-refractivity contribution in [3.8, 4) is 0 Å². The zero-order valence-electron chi connectivity index (χ0n) is 13.1. The fourth-order valence-electron chi connectivity index (χ4n) is 3.16. The van der Waals surface area contributed by atoms with Gasteiger partial charge in [-0.1, -0.05) is 31.9 Å². The van der Waals surface area contributed by atoms with Crippen molar-refractivity contribution in [2.45, 2.75) is 53.9 Å². The molecule has 108 valence electrons. The van der Waals surface area contributed by atoms with E-state index in [1.165, 1.54) is 28.7 Å². The summed E-state index contributed by atoms with van der Waals surface area (Å²) in [5, 5.41) is 0.805. The number of carbonyl (C=O) groups excluding carboxylic acids is 1. The summed E-state index contributed by atoms with van der Waals surface area (Å²) in [5.41, 5.74) is 6.66. The number of allylic oxidation sites excluding steroid dienone is 1. The smallest absolute Gasteiger partial charge is 0.152 e. The van der Waals surface area contributed by atoms with Crippen LogP contribution in [-0.2, 0) is 17.6 Å². The zero-order valence-corrected chi connectivity index (χ0v) is 13.8. The van der Waals surface area contributed by atoms with Gasteiger partial charge in [-0.25, -0.2) is 0 Å². The van der Waals surface area contributed by atoms with Crippen LogP contribution in [0.1, 0.15) is 55.0 Å². The first kappa shape index (κ1) is 15.3. The van der Waals surface area contributed by atoms with E-state index >= 15 is 0 Å². The first-order valence-electron chi connectivity index (χ1n) is 7.28. The second kappa shape index (κ2) is 5.37. The molecule has 0 amide bonds. The normalized spacial score (nSPS) is 21.5. The van der Waals surface area contributed by atoms with Crippen molar-refractivity contribution in [3.05, 3.63) is 38.9 Å². The van der Waals surface area contributed by atoms with Gasteiger partial charge in [0, 0.05) is 0 Å². The molecule has 0 spiro atoms. The zero-order chi connectivity index (χ0) is 15.1. The van der Waals surface area contributed by atoms with Crippen molar-refractivity contribution in [1.82, 2.24) is 0 Å². The van der Waals surface area contributed by atoms with Crippen molar-refractivity contribution in [1.29, 1.82) is 0 Å². The highest BCUT2D eigenvalue weighted by atomic mass is 35.5. The minimum absolute atomic E-state index is 0.0528. The van der Waals surface area contributed by atoms with E-state index in [1.54, 1.807) is 13.0 Å². The molecule has 0 radical (unpaired) electrons. The largest absolute Gasteiger partial charge is 0.295 e. The summed E-state index contributed by atoms with van der Waals surface area (Å²) in [6.45, 7) is 10.4. The highest BCUT2D eigenvalue weighted by Crippen LogP contribution is 2.45. The first-order valence-corrected chi connectivity index (χ1v) is 7.66. The molecule has 1 aliphatic carbocycles. The van der Waals surface area contributed by atoms with Gasteiger partial charge in [-0.05, 0) is 79.0 Å². The van der Waals surface area contributed by atoms with Gasteiger partial charge in [-0.3, -0.25) is 4.79 Å². The molecule has 1 nitrogen and oxygen atoms in total. The number of ketones is 1. The Morgan fingerprint density at radius 1 is 1.25 bits per heavy atom. The van der Waals surface area contributed by atoms with Gasteiger partial charge in [0.05, 0.1) is 5.02 Å². The summed E-state index contributed by atoms with van der Waals surface area (Å²) in [6, 6.07) is 0. The van der Waals surface area contributed by atoms with Crippen LogP contribution in [0.2, 0.25) is 5.02 Å². The molecule has 1 aromatic carbocycles. The van der Waals surface area contributed by atoms with Gasteiger partial charge in [0.15, 0.2) is 5.78 Å². The number of hydrogen-bond donors (Lipinski definition) is 0. The van der Waals surface area contributed by atoms with E-state index in [2.05, 4.69) is 27.7 Å².